The molecule has 3 nitrogen and oxygen atoms in total. The van der Waals surface area contributed by atoms with E-state index in [-0.39, 0.29) is 0 Å². The van der Waals surface area contributed by atoms with Crippen LogP contribution in [-0.4, -0.2) is 21.6 Å². The largest absolute Gasteiger partial charge is 0.309 e. The molecule has 2 aromatic rings. The van der Waals surface area contributed by atoms with Crippen LogP contribution >= 0.6 is 23.1 Å². The summed E-state index contributed by atoms with van der Waals surface area (Å²) < 4.78 is 3.45. The molecule has 0 bridgehead atoms. The summed E-state index contributed by atoms with van der Waals surface area (Å²) in [4.78, 5) is 0. The van der Waals surface area contributed by atoms with E-state index in [9.17, 15) is 0 Å². The Kier molecular flexibility index (Phi) is 3.96. The van der Waals surface area contributed by atoms with Gasteiger partial charge in [0.15, 0.2) is 0 Å². The van der Waals surface area contributed by atoms with Gasteiger partial charge in [-0.3, -0.25) is 4.68 Å². The minimum absolute atomic E-state index is 0.519. The standard InChI is InChI=1S/C14H19N3S2/c1-10-9-13(12-5-8-18-14(12)19-10)15-6-3-11-4-7-16-17(11)2/h4-5,7-8,10,13,15H,3,6,9H2,1-2H3/t10-,13?/m0/s1. The van der Waals surface area contributed by atoms with Gasteiger partial charge in [0.1, 0.15) is 0 Å². The van der Waals surface area contributed by atoms with Crippen molar-refractivity contribution in [2.75, 3.05) is 6.54 Å². The first-order valence-corrected chi connectivity index (χ1v) is 8.44. The average molecular weight is 293 g/mol. The molecule has 3 heterocycles. The first-order valence-electron chi connectivity index (χ1n) is 6.68. The second kappa shape index (κ2) is 5.69. The van der Waals surface area contributed by atoms with Crippen molar-refractivity contribution in [3.05, 3.63) is 35.0 Å². The molecule has 1 aliphatic rings. The van der Waals surface area contributed by atoms with Crippen LogP contribution < -0.4 is 5.32 Å². The summed E-state index contributed by atoms with van der Waals surface area (Å²) in [7, 11) is 2.01. The second-order valence-electron chi connectivity index (χ2n) is 5.03. The van der Waals surface area contributed by atoms with Gasteiger partial charge in [-0.05, 0) is 29.5 Å². The van der Waals surface area contributed by atoms with Crippen molar-refractivity contribution in [2.45, 2.75) is 35.3 Å². The Morgan fingerprint density at radius 3 is 3.16 bits per heavy atom. The van der Waals surface area contributed by atoms with Crippen molar-refractivity contribution in [3.8, 4) is 0 Å². The molecule has 0 fully saturated rings. The predicted molar refractivity (Wildman–Crippen MR) is 81.9 cm³/mol. The van der Waals surface area contributed by atoms with Crippen LogP contribution in [0.3, 0.4) is 0 Å². The van der Waals surface area contributed by atoms with Gasteiger partial charge in [0, 0.05) is 43.2 Å². The van der Waals surface area contributed by atoms with Crippen molar-refractivity contribution >= 4 is 23.1 Å². The number of thioether (sulfide) groups is 1. The molecule has 3 rings (SSSR count). The van der Waals surface area contributed by atoms with Crippen LogP contribution in [0.4, 0.5) is 0 Å². The van der Waals surface area contributed by atoms with Gasteiger partial charge in [-0.15, -0.1) is 23.1 Å². The Labute approximate surface area is 122 Å². The molecule has 0 saturated carbocycles. The number of nitrogens with one attached hydrogen (secondary N) is 1. The quantitative estimate of drug-likeness (QED) is 0.938. The lowest BCUT2D eigenvalue weighted by Gasteiger charge is -2.27. The van der Waals surface area contributed by atoms with Crippen LogP contribution in [0.1, 0.15) is 30.6 Å². The van der Waals surface area contributed by atoms with E-state index in [4.69, 9.17) is 0 Å². The second-order valence-corrected chi connectivity index (χ2v) is 7.65. The third-order valence-corrected chi connectivity index (χ3v) is 5.95. The van der Waals surface area contributed by atoms with Crippen LogP contribution in [0.5, 0.6) is 0 Å². The molecule has 0 amide bonds. The smallest absolute Gasteiger partial charge is 0.0649 e. The Hall–Kier alpha value is -0.780. The summed E-state index contributed by atoms with van der Waals surface area (Å²) >= 11 is 3.90. The highest BCUT2D eigenvalue weighted by Gasteiger charge is 2.25. The highest BCUT2D eigenvalue weighted by Crippen LogP contribution is 2.43. The molecule has 2 atom stereocenters. The van der Waals surface area contributed by atoms with Gasteiger partial charge in [0.2, 0.25) is 0 Å². The van der Waals surface area contributed by atoms with Crippen molar-refractivity contribution in [1.82, 2.24) is 15.1 Å². The Morgan fingerprint density at radius 1 is 1.47 bits per heavy atom. The molecule has 102 valence electrons. The summed E-state index contributed by atoms with van der Waals surface area (Å²) in [5, 5.41) is 10.8. The Bertz CT molecular complexity index is 546. The normalized spacial score (nSPS) is 22.4. The maximum absolute atomic E-state index is 4.21. The number of nitrogens with zero attached hydrogens (tertiary/aromatic N) is 2. The van der Waals surface area contributed by atoms with Gasteiger partial charge in [-0.25, -0.2) is 0 Å². The van der Waals surface area contributed by atoms with Gasteiger partial charge < -0.3 is 5.32 Å². The third-order valence-electron chi connectivity index (χ3n) is 3.60. The van der Waals surface area contributed by atoms with E-state index < -0.39 is 0 Å². The molecular weight excluding hydrogens is 274 g/mol. The number of thiophene rings is 1. The number of hydrogen-bond donors (Lipinski definition) is 1. The minimum atomic E-state index is 0.519. The van der Waals surface area contributed by atoms with Crippen LogP contribution in [0.15, 0.2) is 27.9 Å². The summed E-state index contributed by atoms with van der Waals surface area (Å²) in [6.45, 7) is 3.33. The van der Waals surface area contributed by atoms with E-state index in [1.807, 2.05) is 41.0 Å². The molecule has 0 saturated heterocycles. The number of aromatic nitrogens is 2. The summed E-state index contributed by atoms with van der Waals surface area (Å²) in [6, 6.07) is 4.89. The molecule has 0 radical (unpaired) electrons. The molecular formula is C14H19N3S2. The van der Waals surface area contributed by atoms with E-state index in [0.717, 1.165) is 13.0 Å². The maximum atomic E-state index is 4.21. The van der Waals surface area contributed by atoms with Crippen LogP contribution in [-0.2, 0) is 13.5 Å². The fraction of sp³-hybridized carbons (Fsp3) is 0.500. The highest BCUT2D eigenvalue weighted by atomic mass is 32.2. The van der Waals surface area contributed by atoms with E-state index in [2.05, 4.69) is 34.9 Å². The maximum Gasteiger partial charge on any atom is 0.0649 e. The first-order chi connectivity index (χ1) is 9.24. The lowest BCUT2D eigenvalue weighted by Crippen LogP contribution is -2.28. The van der Waals surface area contributed by atoms with Crippen LogP contribution in [0.2, 0.25) is 0 Å². The van der Waals surface area contributed by atoms with Gasteiger partial charge in [-0.1, -0.05) is 6.92 Å². The zero-order valence-corrected chi connectivity index (χ0v) is 12.9. The van der Waals surface area contributed by atoms with Crippen molar-refractivity contribution < 1.29 is 0 Å². The topological polar surface area (TPSA) is 29.9 Å². The zero-order chi connectivity index (χ0) is 13.2. The van der Waals surface area contributed by atoms with Crippen molar-refractivity contribution in [2.24, 2.45) is 7.05 Å². The van der Waals surface area contributed by atoms with Gasteiger partial charge in [0.25, 0.3) is 0 Å². The van der Waals surface area contributed by atoms with E-state index in [1.54, 1.807) is 0 Å². The van der Waals surface area contributed by atoms with Gasteiger partial charge in [-0.2, -0.15) is 5.10 Å². The molecule has 1 unspecified atom stereocenters. The predicted octanol–water partition coefficient (Wildman–Crippen LogP) is 3.24. The monoisotopic (exact) mass is 293 g/mol. The lowest BCUT2D eigenvalue weighted by molar-refractivity contribution is 0.487. The van der Waals surface area contributed by atoms with Gasteiger partial charge in [0.05, 0.1) is 4.21 Å². The molecule has 0 aliphatic carbocycles. The van der Waals surface area contributed by atoms with E-state index >= 15 is 0 Å². The fourth-order valence-corrected chi connectivity index (χ4v) is 5.13. The average Bonchev–Trinajstić information content (AvgIpc) is 2.98. The number of aryl methyl sites for hydroxylation is 1. The van der Waals surface area contributed by atoms with Crippen LogP contribution in [0, 0.1) is 0 Å². The summed E-state index contributed by atoms with van der Waals surface area (Å²) in [5.74, 6) is 0. The van der Waals surface area contributed by atoms with E-state index in [1.165, 1.54) is 21.9 Å². The molecule has 5 heteroatoms. The molecule has 0 aromatic carbocycles. The lowest BCUT2D eigenvalue weighted by atomic mass is 10.0. The number of rotatable bonds is 4. The molecule has 0 spiro atoms. The number of hydrogen-bond acceptors (Lipinski definition) is 4. The van der Waals surface area contributed by atoms with Crippen molar-refractivity contribution in [3.63, 3.8) is 0 Å². The fourth-order valence-electron chi connectivity index (χ4n) is 2.56. The Morgan fingerprint density at radius 2 is 2.37 bits per heavy atom. The Balaban J connectivity index is 1.60. The molecule has 1 N–H and O–H groups in total. The highest BCUT2D eigenvalue weighted by molar-refractivity contribution is 8.01. The summed E-state index contributed by atoms with van der Waals surface area (Å²) in [6.07, 6.45) is 4.12. The van der Waals surface area contributed by atoms with Gasteiger partial charge >= 0.3 is 0 Å². The van der Waals surface area contributed by atoms with Crippen molar-refractivity contribution in [1.29, 1.82) is 0 Å². The zero-order valence-electron chi connectivity index (χ0n) is 11.3. The third kappa shape index (κ3) is 2.88. The molecule has 1 aliphatic heterocycles. The first kappa shape index (κ1) is 13.2. The minimum Gasteiger partial charge on any atom is -0.309 e. The van der Waals surface area contributed by atoms with Crippen LogP contribution in [0.25, 0.3) is 0 Å². The summed E-state index contributed by atoms with van der Waals surface area (Å²) in [5.41, 5.74) is 2.79. The molecule has 2 aromatic heterocycles. The van der Waals surface area contributed by atoms with E-state index in [0.29, 0.717) is 11.3 Å². The SMILES string of the molecule is C[C@H]1CC(NCCc2ccnn2C)c2ccsc2S1. The molecule has 19 heavy (non-hydrogen) atoms. The number of fused-ring (bicyclic) bond motifs is 1.